The third-order valence-corrected chi connectivity index (χ3v) is 6.85. The molecule has 194 valence electrons. The lowest BCUT2D eigenvalue weighted by atomic mass is 9.94. The Morgan fingerprint density at radius 1 is 0.919 bits per heavy atom. The van der Waals surface area contributed by atoms with Crippen molar-refractivity contribution in [3.63, 3.8) is 0 Å². The van der Waals surface area contributed by atoms with Crippen LogP contribution in [0.5, 0.6) is 0 Å². The molecule has 0 bridgehead atoms. The Kier molecular flexibility index (Phi) is 8.22. The average molecular weight is 561 g/mol. The fourth-order valence-corrected chi connectivity index (χ4v) is 4.76. The van der Waals surface area contributed by atoms with Crippen LogP contribution in [0.15, 0.2) is 59.0 Å². The van der Waals surface area contributed by atoms with E-state index in [1.54, 1.807) is 42.5 Å². The summed E-state index contributed by atoms with van der Waals surface area (Å²) in [5.74, 6) is 0.887. The first-order valence-electron chi connectivity index (χ1n) is 11.9. The normalized spacial score (nSPS) is 14.3. The Morgan fingerprint density at radius 3 is 2.32 bits per heavy atom. The van der Waals surface area contributed by atoms with Gasteiger partial charge in [0, 0.05) is 53.9 Å². The smallest absolute Gasteiger partial charge is 0.248 e. The van der Waals surface area contributed by atoms with Crippen molar-refractivity contribution in [3.05, 3.63) is 75.4 Å². The van der Waals surface area contributed by atoms with Gasteiger partial charge in [0.15, 0.2) is 0 Å². The van der Waals surface area contributed by atoms with Gasteiger partial charge in [-0.2, -0.15) is 0 Å². The maximum Gasteiger partial charge on any atom is 0.248 e. The molecule has 0 aliphatic carbocycles. The lowest BCUT2D eigenvalue weighted by Crippen LogP contribution is -2.51. The van der Waals surface area contributed by atoms with Crippen molar-refractivity contribution in [1.82, 2.24) is 4.90 Å². The lowest BCUT2D eigenvalue weighted by molar-refractivity contribution is -0.139. The van der Waals surface area contributed by atoms with Crippen LogP contribution in [0, 0.1) is 5.41 Å². The van der Waals surface area contributed by atoms with Crippen LogP contribution >= 0.6 is 34.8 Å². The van der Waals surface area contributed by atoms with Crippen LogP contribution in [0.25, 0.3) is 17.4 Å². The van der Waals surface area contributed by atoms with E-state index in [1.807, 2.05) is 37.8 Å². The van der Waals surface area contributed by atoms with Crippen molar-refractivity contribution in [2.45, 2.75) is 20.8 Å². The molecule has 2 aromatic carbocycles. The number of halogens is 3. The summed E-state index contributed by atoms with van der Waals surface area (Å²) in [6.45, 7) is 8.49. The first-order chi connectivity index (χ1) is 17.5. The largest absolute Gasteiger partial charge is 0.457 e. The predicted molar refractivity (Wildman–Crippen MR) is 152 cm³/mol. The Bertz CT molecular complexity index is 1340. The molecule has 9 heteroatoms. The second-order valence-corrected chi connectivity index (χ2v) is 11.1. The van der Waals surface area contributed by atoms with Crippen molar-refractivity contribution in [1.29, 1.82) is 0 Å². The Morgan fingerprint density at radius 2 is 1.65 bits per heavy atom. The Balaban J connectivity index is 1.35. The first-order valence-corrected chi connectivity index (χ1v) is 13.0. The van der Waals surface area contributed by atoms with Crippen LogP contribution in [0.4, 0.5) is 11.4 Å². The van der Waals surface area contributed by atoms with Gasteiger partial charge in [-0.3, -0.25) is 9.59 Å². The quantitative estimate of drug-likeness (QED) is 0.334. The summed E-state index contributed by atoms with van der Waals surface area (Å²) in [5.41, 5.74) is 1.74. The molecule has 0 saturated carbocycles. The van der Waals surface area contributed by atoms with E-state index < -0.39 is 5.41 Å². The summed E-state index contributed by atoms with van der Waals surface area (Å²) in [6.07, 6.45) is 2.96. The molecule has 1 aromatic heterocycles. The molecule has 0 unspecified atom stereocenters. The summed E-state index contributed by atoms with van der Waals surface area (Å²) in [4.78, 5) is 29.1. The zero-order valence-electron chi connectivity index (χ0n) is 20.9. The highest BCUT2D eigenvalue weighted by atomic mass is 35.5. The van der Waals surface area contributed by atoms with E-state index in [0.29, 0.717) is 64.0 Å². The van der Waals surface area contributed by atoms with Crippen LogP contribution in [-0.2, 0) is 9.59 Å². The molecule has 6 nitrogen and oxygen atoms in total. The molecule has 2 amide bonds. The predicted octanol–water partition coefficient (Wildman–Crippen LogP) is 7.25. The number of carbonyl (C=O) groups excluding carboxylic acids is 2. The highest BCUT2D eigenvalue weighted by Gasteiger charge is 2.30. The van der Waals surface area contributed by atoms with Gasteiger partial charge in [-0.1, -0.05) is 55.6 Å². The number of carbonyl (C=O) groups is 2. The molecule has 0 spiro atoms. The standard InChI is InChI=1S/C28H28Cl3N3O3/c1-28(2,3)27(36)34-14-12-33(13-15-34)24-9-5-19(17-23(24)31)32-26(35)11-7-20-6-10-25(37-20)21-16-18(29)4-8-22(21)30/h4-11,16-17H,12-15H2,1-3H3,(H,32,35)/b11-7+. The van der Waals surface area contributed by atoms with E-state index in [1.165, 1.54) is 6.08 Å². The van der Waals surface area contributed by atoms with Crippen molar-refractivity contribution >= 4 is 64.1 Å². The summed E-state index contributed by atoms with van der Waals surface area (Å²) < 4.78 is 5.79. The molecule has 37 heavy (non-hydrogen) atoms. The van der Waals surface area contributed by atoms with Gasteiger partial charge in [-0.15, -0.1) is 0 Å². The molecular weight excluding hydrogens is 533 g/mol. The maximum atomic E-state index is 12.5. The highest BCUT2D eigenvalue weighted by molar-refractivity contribution is 6.35. The van der Waals surface area contributed by atoms with Gasteiger partial charge >= 0.3 is 0 Å². The number of piperazine rings is 1. The number of amides is 2. The third kappa shape index (κ3) is 6.69. The van der Waals surface area contributed by atoms with Crippen LogP contribution in [0.2, 0.25) is 15.1 Å². The third-order valence-electron chi connectivity index (χ3n) is 5.98. The van der Waals surface area contributed by atoms with Crippen LogP contribution < -0.4 is 10.2 Å². The molecule has 0 atom stereocenters. The zero-order chi connectivity index (χ0) is 26.7. The van der Waals surface area contributed by atoms with E-state index in [4.69, 9.17) is 39.2 Å². The molecule has 4 rings (SSSR count). The van der Waals surface area contributed by atoms with Gasteiger partial charge < -0.3 is 19.5 Å². The van der Waals surface area contributed by atoms with Gasteiger partial charge in [0.2, 0.25) is 11.8 Å². The van der Waals surface area contributed by atoms with E-state index in [9.17, 15) is 9.59 Å². The SMILES string of the molecule is CC(C)(C)C(=O)N1CCN(c2ccc(NC(=O)/C=C/c3ccc(-c4cc(Cl)ccc4Cl)o3)cc2Cl)CC1. The van der Waals surface area contributed by atoms with E-state index >= 15 is 0 Å². The minimum atomic E-state index is -0.392. The zero-order valence-corrected chi connectivity index (χ0v) is 23.1. The Hall–Kier alpha value is -2.93. The van der Waals surface area contributed by atoms with E-state index in [0.717, 1.165) is 5.69 Å². The molecule has 3 aromatic rings. The molecule has 1 fully saturated rings. The minimum Gasteiger partial charge on any atom is -0.457 e. The maximum absolute atomic E-state index is 12.5. The van der Waals surface area contributed by atoms with Crippen molar-refractivity contribution in [2.75, 3.05) is 36.4 Å². The van der Waals surface area contributed by atoms with Crippen LogP contribution in [0.3, 0.4) is 0 Å². The molecule has 1 saturated heterocycles. The molecular formula is C28H28Cl3N3O3. The monoisotopic (exact) mass is 559 g/mol. The van der Waals surface area contributed by atoms with Crippen LogP contribution in [0.1, 0.15) is 26.5 Å². The lowest BCUT2D eigenvalue weighted by Gasteiger charge is -2.39. The topological polar surface area (TPSA) is 65.8 Å². The highest BCUT2D eigenvalue weighted by Crippen LogP contribution is 2.33. The number of nitrogens with one attached hydrogen (secondary N) is 1. The summed E-state index contributed by atoms with van der Waals surface area (Å²) >= 11 is 18.8. The fourth-order valence-electron chi connectivity index (χ4n) is 4.08. The number of anilines is 2. The molecule has 1 aliphatic rings. The number of nitrogens with zero attached hydrogens (tertiary/aromatic N) is 2. The fraction of sp³-hybridized carbons (Fsp3) is 0.286. The second kappa shape index (κ2) is 11.2. The second-order valence-electron chi connectivity index (χ2n) is 9.84. The van der Waals surface area contributed by atoms with Crippen molar-refractivity contribution < 1.29 is 14.0 Å². The summed E-state index contributed by atoms with van der Waals surface area (Å²) in [5, 5.41) is 4.42. The molecule has 2 heterocycles. The number of benzene rings is 2. The van der Waals surface area contributed by atoms with E-state index in [-0.39, 0.29) is 11.8 Å². The number of furan rings is 1. The van der Waals surface area contributed by atoms with Gasteiger partial charge in [-0.05, 0) is 54.6 Å². The molecule has 1 aliphatic heterocycles. The number of hydrogen-bond donors (Lipinski definition) is 1. The average Bonchev–Trinajstić information content (AvgIpc) is 3.32. The minimum absolute atomic E-state index is 0.156. The summed E-state index contributed by atoms with van der Waals surface area (Å²) in [7, 11) is 0. The van der Waals surface area contributed by atoms with E-state index in [2.05, 4.69) is 10.2 Å². The molecule has 1 N–H and O–H groups in total. The Labute approximate surface area is 231 Å². The van der Waals surface area contributed by atoms with Crippen LogP contribution in [-0.4, -0.2) is 42.9 Å². The molecule has 0 radical (unpaired) electrons. The summed E-state index contributed by atoms with van der Waals surface area (Å²) in [6, 6.07) is 14.1. The van der Waals surface area contributed by atoms with Gasteiger partial charge in [0.1, 0.15) is 11.5 Å². The van der Waals surface area contributed by atoms with Crippen molar-refractivity contribution in [3.8, 4) is 11.3 Å². The van der Waals surface area contributed by atoms with Crippen molar-refractivity contribution in [2.24, 2.45) is 5.41 Å². The number of hydrogen-bond acceptors (Lipinski definition) is 4. The van der Waals surface area contributed by atoms with Gasteiger partial charge in [-0.25, -0.2) is 0 Å². The number of rotatable bonds is 5. The first kappa shape index (κ1) is 27.1. The van der Waals surface area contributed by atoms with Gasteiger partial charge in [0.25, 0.3) is 0 Å². The van der Waals surface area contributed by atoms with Gasteiger partial charge in [0.05, 0.1) is 15.7 Å².